The van der Waals surface area contributed by atoms with E-state index in [0.717, 1.165) is 22.6 Å². The fraction of sp³-hybridized carbons (Fsp3) is 0.222. The summed E-state index contributed by atoms with van der Waals surface area (Å²) in [5, 5.41) is 11.5. The topological polar surface area (TPSA) is 48.5 Å². The summed E-state index contributed by atoms with van der Waals surface area (Å²) >= 11 is 6.97. The van der Waals surface area contributed by atoms with Gasteiger partial charge in [0.15, 0.2) is 5.11 Å². The summed E-state index contributed by atoms with van der Waals surface area (Å²) in [5.41, 5.74) is 7.08. The first-order chi connectivity index (χ1) is 11.5. The van der Waals surface area contributed by atoms with Gasteiger partial charge in [0.1, 0.15) is 0 Å². The first-order valence-electron chi connectivity index (χ1n) is 7.82. The number of hydrogen-bond acceptors (Lipinski definition) is 4. The standard InChI is InChI=1S/C18H20N4S2/c1-11(2)19-18(23)22-21-12(3)13-8-9-17-15(10-13)20-14-6-4-5-7-16(14)24-17/h4-11,20H,1-3H3,(H2,19,22,23)/b21-12+. The van der Waals surface area contributed by atoms with Gasteiger partial charge in [-0.1, -0.05) is 30.0 Å². The van der Waals surface area contributed by atoms with Gasteiger partial charge < -0.3 is 10.6 Å². The lowest BCUT2D eigenvalue weighted by molar-refractivity contribution is 0.719. The van der Waals surface area contributed by atoms with Crippen molar-refractivity contribution >= 4 is 46.2 Å². The number of anilines is 2. The van der Waals surface area contributed by atoms with Crippen LogP contribution in [0.5, 0.6) is 0 Å². The normalized spacial score (nSPS) is 12.9. The van der Waals surface area contributed by atoms with E-state index in [4.69, 9.17) is 12.2 Å². The van der Waals surface area contributed by atoms with Crippen molar-refractivity contribution in [1.29, 1.82) is 0 Å². The molecule has 0 fully saturated rings. The van der Waals surface area contributed by atoms with Gasteiger partial charge in [-0.05, 0) is 62.8 Å². The van der Waals surface area contributed by atoms with Crippen LogP contribution in [0.4, 0.5) is 11.4 Å². The SMILES string of the molecule is C/C(=N\NC(=S)NC(C)C)c1ccc2c(c1)Nc1ccccc1S2. The zero-order valence-corrected chi connectivity index (χ0v) is 15.5. The largest absolute Gasteiger partial charge is 0.359 e. The zero-order chi connectivity index (χ0) is 17.1. The molecule has 0 aliphatic carbocycles. The minimum atomic E-state index is 0.283. The molecule has 0 radical (unpaired) electrons. The molecule has 24 heavy (non-hydrogen) atoms. The number of nitrogens with one attached hydrogen (secondary N) is 3. The van der Waals surface area contributed by atoms with Gasteiger partial charge in [-0.25, -0.2) is 0 Å². The van der Waals surface area contributed by atoms with Crippen LogP contribution < -0.4 is 16.1 Å². The highest BCUT2D eigenvalue weighted by Gasteiger charge is 2.15. The molecule has 0 aromatic heterocycles. The van der Waals surface area contributed by atoms with Gasteiger partial charge in [0.05, 0.1) is 17.1 Å². The van der Waals surface area contributed by atoms with E-state index in [-0.39, 0.29) is 6.04 Å². The molecule has 1 aliphatic rings. The molecule has 0 saturated carbocycles. The highest BCUT2D eigenvalue weighted by Crippen LogP contribution is 2.44. The summed E-state index contributed by atoms with van der Waals surface area (Å²) in [4.78, 5) is 2.46. The lowest BCUT2D eigenvalue weighted by Crippen LogP contribution is -2.37. The number of hydrazone groups is 1. The molecule has 124 valence electrons. The molecule has 6 heteroatoms. The molecule has 4 nitrogen and oxygen atoms in total. The van der Waals surface area contributed by atoms with E-state index < -0.39 is 0 Å². The summed E-state index contributed by atoms with van der Waals surface area (Å²) in [7, 11) is 0. The molecule has 2 aromatic carbocycles. The van der Waals surface area contributed by atoms with Crippen molar-refractivity contribution in [3.05, 3.63) is 48.0 Å². The van der Waals surface area contributed by atoms with E-state index in [1.54, 1.807) is 11.8 Å². The Bertz CT molecular complexity index is 799. The van der Waals surface area contributed by atoms with E-state index in [2.05, 4.69) is 57.6 Å². The number of benzene rings is 2. The molecule has 1 heterocycles. The maximum Gasteiger partial charge on any atom is 0.187 e. The molecule has 0 spiro atoms. The average Bonchev–Trinajstić information content (AvgIpc) is 2.56. The van der Waals surface area contributed by atoms with Crippen LogP contribution in [0.1, 0.15) is 26.3 Å². The first-order valence-corrected chi connectivity index (χ1v) is 9.04. The maximum atomic E-state index is 5.19. The number of rotatable bonds is 3. The number of hydrogen-bond donors (Lipinski definition) is 3. The highest BCUT2D eigenvalue weighted by molar-refractivity contribution is 7.99. The van der Waals surface area contributed by atoms with Crippen LogP contribution in [0.2, 0.25) is 0 Å². The monoisotopic (exact) mass is 356 g/mol. The van der Waals surface area contributed by atoms with E-state index in [1.807, 2.05) is 26.8 Å². The molecular weight excluding hydrogens is 336 g/mol. The third-order valence-electron chi connectivity index (χ3n) is 3.52. The van der Waals surface area contributed by atoms with Crippen LogP contribution in [-0.2, 0) is 0 Å². The molecule has 3 N–H and O–H groups in total. The fourth-order valence-corrected chi connectivity index (χ4v) is 3.61. The average molecular weight is 357 g/mol. The van der Waals surface area contributed by atoms with E-state index in [9.17, 15) is 0 Å². The molecule has 0 unspecified atom stereocenters. The van der Waals surface area contributed by atoms with Gasteiger partial charge in [0.2, 0.25) is 0 Å². The second-order valence-electron chi connectivity index (χ2n) is 5.87. The van der Waals surface area contributed by atoms with Crippen LogP contribution >= 0.6 is 24.0 Å². The smallest absolute Gasteiger partial charge is 0.187 e. The van der Waals surface area contributed by atoms with Gasteiger partial charge in [-0.3, -0.25) is 5.43 Å². The van der Waals surface area contributed by atoms with Crippen LogP contribution in [0, 0.1) is 0 Å². The second kappa shape index (κ2) is 7.23. The molecule has 0 amide bonds. The van der Waals surface area contributed by atoms with E-state index in [0.29, 0.717) is 5.11 Å². The van der Waals surface area contributed by atoms with Crippen molar-refractivity contribution in [2.24, 2.45) is 5.10 Å². The predicted molar refractivity (Wildman–Crippen MR) is 107 cm³/mol. The summed E-state index contributed by atoms with van der Waals surface area (Å²) in [6.45, 7) is 6.04. The Hall–Kier alpha value is -2.05. The van der Waals surface area contributed by atoms with Gasteiger partial charge >= 0.3 is 0 Å². The second-order valence-corrected chi connectivity index (χ2v) is 7.36. The summed E-state index contributed by atoms with van der Waals surface area (Å²) in [6, 6.07) is 14.9. The van der Waals surface area contributed by atoms with Crippen molar-refractivity contribution < 1.29 is 0 Å². The number of para-hydroxylation sites is 1. The first kappa shape index (κ1) is 16.8. The Balaban J connectivity index is 1.76. The Labute approximate surface area is 152 Å². The number of thiocarbonyl (C=S) groups is 1. The number of fused-ring (bicyclic) bond motifs is 2. The summed E-state index contributed by atoms with van der Waals surface area (Å²) in [6.07, 6.45) is 0. The molecule has 2 aromatic rings. The molecule has 0 atom stereocenters. The van der Waals surface area contributed by atoms with E-state index in [1.165, 1.54) is 9.79 Å². The molecular formula is C18H20N4S2. The van der Waals surface area contributed by atoms with Crippen LogP contribution in [0.25, 0.3) is 0 Å². The molecule has 0 saturated heterocycles. The minimum Gasteiger partial charge on any atom is -0.359 e. The maximum absolute atomic E-state index is 5.19. The van der Waals surface area contributed by atoms with Crippen molar-refractivity contribution in [2.45, 2.75) is 36.6 Å². The van der Waals surface area contributed by atoms with Crippen molar-refractivity contribution in [3.8, 4) is 0 Å². The van der Waals surface area contributed by atoms with Crippen molar-refractivity contribution in [3.63, 3.8) is 0 Å². The fourth-order valence-electron chi connectivity index (χ4n) is 2.36. The minimum absolute atomic E-state index is 0.283. The van der Waals surface area contributed by atoms with Crippen LogP contribution in [0.3, 0.4) is 0 Å². The third-order valence-corrected chi connectivity index (χ3v) is 4.88. The Morgan fingerprint density at radius 1 is 1.12 bits per heavy atom. The van der Waals surface area contributed by atoms with Crippen LogP contribution in [0.15, 0.2) is 57.4 Å². The van der Waals surface area contributed by atoms with Crippen molar-refractivity contribution in [2.75, 3.05) is 5.32 Å². The quantitative estimate of drug-likeness (QED) is 0.367. The van der Waals surface area contributed by atoms with Gasteiger partial charge in [-0.15, -0.1) is 0 Å². The predicted octanol–water partition coefficient (Wildman–Crippen LogP) is 4.49. The zero-order valence-electron chi connectivity index (χ0n) is 13.9. The lowest BCUT2D eigenvalue weighted by Gasteiger charge is -2.21. The Kier molecular flexibility index (Phi) is 5.06. The lowest BCUT2D eigenvalue weighted by atomic mass is 10.1. The highest BCUT2D eigenvalue weighted by atomic mass is 32.2. The molecule has 1 aliphatic heterocycles. The van der Waals surface area contributed by atoms with Gasteiger partial charge in [0.25, 0.3) is 0 Å². The van der Waals surface area contributed by atoms with E-state index >= 15 is 0 Å². The Morgan fingerprint density at radius 2 is 1.88 bits per heavy atom. The third kappa shape index (κ3) is 3.88. The Morgan fingerprint density at radius 3 is 2.67 bits per heavy atom. The molecule has 0 bridgehead atoms. The molecule has 3 rings (SSSR count). The van der Waals surface area contributed by atoms with Gasteiger partial charge in [0, 0.05) is 15.8 Å². The summed E-state index contributed by atoms with van der Waals surface area (Å²) < 4.78 is 0. The van der Waals surface area contributed by atoms with Crippen molar-refractivity contribution in [1.82, 2.24) is 10.7 Å². The van der Waals surface area contributed by atoms with Crippen LogP contribution in [-0.4, -0.2) is 16.9 Å². The summed E-state index contributed by atoms with van der Waals surface area (Å²) in [5.74, 6) is 0. The van der Waals surface area contributed by atoms with Gasteiger partial charge in [-0.2, -0.15) is 5.10 Å². The number of nitrogens with zero attached hydrogens (tertiary/aromatic N) is 1.